The van der Waals surface area contributed by atoms with Gasteiger partial charge in [0.25, 0.3) is 0 Å². The topological polar surface area (TPSA) is 143 Å². The smallest absolute Gasteiger partial charge is 0.337 e. The Kier molecular flexibility index (Phi) is 10.0. The van der Waals surface area contributed by atoms with E-state index >= 15 is 0 Å². The third kappa shape index (κ3) is 6.35. The van der Waals surface area contributed by atoms with E-state index in [9.17, 15) is 29.7 Å². The van der Waals surface area contributed by atoms with E-state index in [1.54, 1.807) is 25.9 Å². The first-order valence-corrected chi connectivity index (χ1v) is 15.6. The molecule has 1 aromatic rings. The average molecular weight is 628 g/mol. The van der Waals surface area contributed by atoms with Crippen molar-refractivity contribution in [1.29, 1.82) is 0 Å². The molecule has 0 saturated heterocycles. The highest BCUT2D eigenvalue weighted by Crippen LogP contribution is 2.59. The molecule has 3 N–H and O–H groups in total. The molecule has 3 aliphatic rings. The van der Waals surface area contributed by atoms with Gasteiger partial charge in [0.05, 0.1) is 12.1 Å². The van der Waals surface area contributed by atoms with Crippen LogP contribution in [0.25, 0.3) is 0 Å². The number of carbonyl (C=O) groups excluding carboxylic acids is 3. The second-order valence-corrected chi connectivity index (χ2v) is 14.0. The van der Waals surface area contributed by atoms with Crippen molar-refractivity contribution in [2.24, 2.45) is 22.7 Å². The molecule has 1 aromatic carbocycles. The minimum atomic E-state index is -1.52. The van der Waals surface area contributed by atoms with E-state index in [0.717, 1.165) is 11.1 Å². The predicted molar refractivity (Wildman–Crippen MR) is 166 cm³/mol. The summed E-state index contributed by atoms with van der Waals surface area (Å²) in [5.74, 6) is -2.61. The zero-order valence-electron chi connectivity index (χ0n) is 27.6. The molecule has 10 heteroatoms. The van der Waals surface area contributed by atoms with Gasteiger partial charge in [-0.25, -0.2) is 4.79 Å². The summed E-state index contributed by atoms with van der Waals surface area (Å²) in [6.07, 6.45) is -5.87. The highest BCUT2D eigenvalue weighted by atomic mass is 16.6. The van der Waals surface area contributed by atoms with Crippen LogP contribution in [-0.4, -0.2) is 88.8 Å². The molecule has 0 aromatic heterocycles. The molecule has 0 spiro atoms. The summed E-state index contributed by atoms with van der Waals surface area (Å²) >= 11 is 0. The van der Waals surface area contributed by atoms with Crippen LogP contribution in [0, 0.1) is 22.7 Å². The zero-order valence-corrected chi connectivity index (χ0v) is 27.6. The lowest BCUT2D eigenvalue weighted by Crippen LogP contribution is -2.63. The summed E-state index contributed by atoms with van der Waals surface area (Å²) in [6.45, 7) is 14.6. The molecule has 0 amide bonds. The van der Waals surface area contributed by atoms with Crippen molar-refractivity contribution in [1.82, 2.24) is 4.90 Å². The number of carbonyl (C=O) groups is 3. The number of aliphatic hydroxyl groups excluding tert-OH is 3. The van der Waals surface area contributed by atoms with Gasteiger partial charge in [-0.1, -0.05) is 57.7 Å². The van der Waals surface area contributed by atoms with Gasteiger partial charge in [-0.2, -0.15) is 0 Å². The van der Waals surface area contributed by atoms with Crippen LogP contribution in [0.4, 0.5) is 0 Å². The van der Waals surface area contributed by atoms with Crippen LogP contribution in [0.1, 0.15) is 72.4 Å². The molecule has 248 valence electrons. The van der Waals surface area contributed by atoms with Crippen molar-refractivity contribution < 1.29 is 43.9 Å². The summed E-state index contributed by atoms with van der Waals surface area (Å²) in [4.78, 5) is 39.7. The van der Waals surface area contributed by atoms with Crippen molar-refractivity contribution in [2.75, 3.05) is 14.1 Å². The van der Waals surface area contributed by atoms with Crippen molar-refractivity contribution in [3.63, 3.8) is 0 Å². The molecule has 10 atom stereocenters. The number of ether oxygens (including phenoxy) is 3. The Labute approximate surface area is 266 Å². The maximum atomic E-state index is 13.5. The Bertz CT molecular complexity index is 1340. The van der Waals surface area contributed by atoms with E-state index in [1.807, 2.05) is 51.1 Å². The third-order valence-electron chi connectivity index (χ3n) is 10.7. The Morgan fingerprint density at radius 2 is 1.53 bits per heavy atom. The minimum absolute atomic E-state index is 0.0612. The fraction of sp³-hybridized carbons (Fsp3) is 0.629. The molecular weight excluding hydrogens is 578 g/mol. The standard InChI is InChI=1S/C35H49NO9/c1-18-24-15-23-16-25(43-20(3)37)19(2)28(34(23,5)6)31(44-21(4)38)32(41)35(24,7)27(39)17-26(18)45-33(42)30(40)29(36(8)9)22-13-11-10-12-14-22/h10-14,23-27,29-32,39-41H,1,15-17H2,2-9H3/t23-,24+,25-,26-,27-,29-,30+,31+,32-,35+/m0/s1. The first-order valence-electron chi connectivity index (χ1n) is 15.6. The molecular formula is C35H49NO9. The lowest BCUT2D eigenvalue weighted by Gasteiger charge is -2.58. The molecule has 2 fully saturated rings. The molecule has 2 bridgehead atoms. The normalized spacial score (nSPS) is 34.1. The van der Waals surface area contributed by atoms with Gasteiger partial charge in [-0.15, -0.1) is 0 Å². The summed E-state index contributed by atoms with van der Waals surface area (Å²) in [5.41, 5.74) is 0.809. The van der Waals surface area contributed by atoms with E-state index in [0.29, 0.717) is 24.0 Å². The van der Waals surface area contributed by atoms with Gasteiger partial charge in [0.15, 0.2) is 12.2 Å². The van der Waals surface area contributed by atoms with Gasteiger partial charge in [-0.3, -0.25) is 14.5 Å². The Morgan fingerprint density at radius 3 is 2.09 bits per heavy atom. The van der Waals surface area contributed by atoms with Gasteiger partial charge in [0.1, 0.15) is 18.3 Å². The molecule has 0 unspecified atom stereocenters. The summed E-state index contributed by atoms with van der Waals surface area (Å²) < 4.78 is 17.5. The van der Waals surface area contributed by atoms with E-state index in [4.69, 9.17) is 14.2 Å². The number of rotatable bonds is 7. The molecule has 0 heterocycles. The molecule has 2 saturated carbocycles. The second kappa shape index (κ2) is 13.0. The second-order valence-electron chi connectivity index (χ2n) is 14.0. The van der Waals surface area contributed by atoms with Gasteiger partial charge in [0.2, 0.25) is 0 Å². The molecule has 0 aliphatic heterocycles. The van der Waals surface area contributed by atoms with Crippen molar-refractivity contribution in [3.8, 4) is 0 Å². The van der Waals surface area contributed by atoms with E-state index in [2.05, 4.69) is 6.58 Å². The molecule has 3 aliphatic carbocycles. The van der Waals surface area contributed by atoms with Crippen molar-refractivity contribution in [3.05, 3.63) is 59.2 Å². The maximum Gasteiger partial charge on any atom is 0.337 e. The number of hydrogen-bond acceptors (Lipinski definition) is 10. The fourth-order valence-corrected chi connectivity index (χ4v) is 8.17. The third-order valence-corrected chi connectivity index (χ3v) is 10.7. The lowest BCUT2D eigenvalue weighted by atomic mass is 9.49. The number of likely N-dealkylation sites (N-methyl/N-ethyl adjacent to an activating group) is 1. The van der Waals surface area contributed by atoms with Crippen molar-refractivity contribution >= 4 is 17.9 Å². The van der Waals surface area contributed by atoms with E-state index in [-0.39, 0.29) is 12.3 Å². The van der Waals surface area contributed by atoms with Crippen LogP contribution in [0.3, 0.4) is 0 Å². The minimum Gasteiger partial charge on any atom is -0.458 e. The predicted octanol–water partition coefficient (Wildman–Crippen LogP) is 3.50. The Balaban J connectivity index is 1.72. The zero-order chi connectivity index (χ0) is 33.6. The van der Waals surface area contributed by atoms with Crippen molar-refractivity contribution in [2.45, 2.75) is 103 Å². The molecule has 4 rings (SSSR count). The van der Waals surface area contributed by atoms with Gasteiger partial charge >= 0.3 is 17.9 Å². The Morgan fingerprint density at radius 1 is 0.933 bits per heavy atom. The number of nitrogens with zero attached hydrogens (tertiary/aromatic N) is 1. The van der Waals surface area contributed by atoms with Crippen LogP contribution in [-0.2, 0) is 28.6 Å². The molecule has 45 heavy (non-hydrogen) atoms. The number of benzene rings is 1. The lowest BCUT2D eigenvalue weighted by molar-refractivity contribution is -0.192. The van der Waals surface area contributed by atoms with Crippen LogP contribution in [0.15, 0.2) is 53.6 Å². The highest BCUT2D eigenvalue weighted by Gasteiger charge is 2.61. The fourth-order valence-electron chi connectivity index (χ4n) is 8.17. The van der Waals surface area contributed by atoms with Gasteiger partial charge in [-0.05, 0) is 73.4 Å². The summed E-state index contributed by atoms with van der Waals surface area (Å²) in [6, 6.07) is 8.48. The van der Waals surface area contributed by atoms with Gasteiger partial charge in [0, 0.05) is 25.7 Å². The van der Waals surface area contributed by atoms with Crippen LogP contribution >= 0.6 is 0 Å². The first-order chi connectivity index (χ1) is 20.9. The van der Waals surface area contributed by atoms with Gasteiger partial charge < -0.3 is 29.5 Å². The number of esters is 3. The average Bonchev–Trinajstić information content (AvgIpc) is 2.94. The molecule has 10 nitrogen and oxygen atoms in total. The number of hydrogen-bond donors (Lipinski definition) is 3. The monoisotopic (exact) mass is 627 g/mol. The first kappa shape index (κ1) is 34.8. The Hall–Kier alpha value is -3.05. The van der Waals surface area contributed by atoms with Crippen LogP contribution < -0.4 is 0 Å². The van der Waals surface area contributed by atoms with Crippen LogP contribution in [0.5, 0.6) is 0 Å². The largest absolute Gasteiger partial charge is 0.458 e. The number of fused-ring (bicyclic) bond motifs is 3. The summed E-state index contributed by atoms with van der Waals surface area (Å²) in [7, 11) is 3.52. The maximum absolute atomic E-state index is 13.5. The highest BCUT2D eigenvalue weighted by molar-refractivity contribution is 5.76. The quantitative estimate of drug-likeness (QED) is 0.234. The molecule has 0 radical (unpaired) electrons. The summed E-state index contributed by atoms with van der Waals surface area (Å²) in [5, 5.41) is 35.1. The van der Waals surface area contributed by atoms with E-state index in [1.165, 1.54) is 13.8 Å². The SMILES string of the molecule is C=C1[C@@H](OC(=O)[C@H](O)[C@H](c2ccccc2)N(C)C)C[C@H](O)[C@@]2(C)[C@@H]1C[C@H]1C[C@H](OC(C)=O)C(C)=C([C@@H](OC(C)=O)[C@@H]2O)C1(C)C. The number of aliphatic hydroxyl groups is 3. The van der Waals surface area contributed by atoms with Crippen LogP contribution in [0.2, 0.25) is 0 Å². The van der Waals surface area contributed by atoms with E-state index < -0.39 is 77.3 Å².